The van der Waals surface area contributed by atoms with Crippen molar-refractivity contribution in [3.05, 3.63) is 18.2 Å². The van der Waals surface area contributed by atoms with Crippen LogP contribution in [-0.2, 0) is 4.79 Å². The maximum atomic E-state index is 12.1. The Morgan fingerprint density at radius 3 is 2.94 bits per heavy atom. The average molecular weight is 236 g/mol. The lowest BCUT2D eigenvalue weighted by molar-refractivity contribution is -0.127. The number of hydrogen-bond acceptors (Lipinski definition) is 4. The molecule has 17 heavy (non-hydrogen) atoms. The zero-order chi connectivity index (χ0) is 12.4. The number of rotatable bonds is 3. The summed E-state index contributed by atoms with van der Waals surface area (Å²) in [6.45, 7) is 2.39. The van der Waals surface area contributed by atoms with E-state index in [4.69, 9.17) is 15.6 Å². The van der Waals surface area contributed by atoms with Crippen LogP contribution in [0.2, 0.25) is 0 Å². The molecule has 2 rings (SSSR count). The van der Waals surface area contributed by atoms with Crippen LogP contribution in [0.3, 0.4) is 0 Å². The standard InChI is InChI=1S/C12H16N2O3/c1-2-14-9-4-3-8(13)7-11(9)17-10(5-6-15)12(14)16/h3-4,7,10,15H,2,5-6,13H2,1H3. The van der Waals surface area contributed by atoms with Crippen molar-refractivity contribution in [2.75, 3.05) is 23.8 Å². The number of carbonyl (C=O) groups excluding carboxylic acids is 1. The maximum Gasteiger partial charge on any atom is 0.268 e. The number of aliphatic hydroxyl groups excluding tert-OH is 1. The van der Waals surface area contributed by atoms with E-state index >= 15 is 0 Å². The molecular weight excluding hydrogens is 220 g/mol. The molecule has 0 fully saturated rings. The number of fused-ring (bicyclic) bond motifs is 1. The molecule has 5 nitrogen and oxygen atoms in total. The predicted molar refractivity (Wildman–Crippen MR) is 65.0 cm³/mol. The zero-order valence-electron chi connectivity index (χ0n) is 9.72. The fourth-order valence-corrected chi connectivity index (χ4v) is 1.97. The molecule has 1 aliphatic rings. The molecule has 0 aliphatic carbocycles. The molecule has 1 aromatic carbocycles. The topological polar surface area (TPSA) is 75.8 Å². The first-order valence-corrected chi connectivity index (χ1v) is 5.65. The van der Waals surface area contributed by atoms with Gasteiger partial charge in [-0.3, -0.25) is 4.79 Å². The van der Waals surface area contributed by atoms with E-state index in [0.29, 0.717) is 24.4 Å². The number of amides is 1. The molecule has 0 radical (unpaired) electrons. The summed E-state index contributed by atoms with van der Waals surface area (Å²) in [6, 6.07) is 5.22. The van der Waals surface area contributed by atoms with Gasteiger partial charge in [0, 0.05) is 31.3 Å². The van der Waals surface area contributed by atoms with Gasteiger partial charge in [0.1, 0.15) is 5.75 Å². The lowest BCUT2D eigenvalue weighted by Gasteiger charge is -2.33. The quantitative estimate of drug-likeness (QED) is 0.760. The zero-order valence-corrected chi connectivity index (χ0v) is 9.72. The third kappa shape index (κ3) is 2.06. The average Bonchev–Trinajstić information content (AvgIpc) is 2.31. The Labute approximate surface area is 99.8 Å². The summed E-state index contributed by atoms with van der Waals surface area (Å²) in [4.78, 5) is 13.7. The van der Waals surface area contributed by atoms with Crippen molar-refractivity contribution in [2.24, 2.45) is 0 Å². The van der Waals surface area contributed by atoms with E-state index in [-0.39, 0.29) is 12.5 Å². The Morgan fingerprint density at radius 1 is 1.53 bits per heavy atom. The van der Waals surface area contributed by atoms with Gasteiger partial charge in [0.2, 0.25) is 0 Å². The number of benzene rings is 1. The number of nitrogens with two attached hydrogens (primary N) is 1. The van der Waals surface area contributed by atoms with Gasteiger partial charge in [-0.25, -0.2) is 0 Å². The molecule has 0 saturated heterocycles. The summed E-state index contributed by atoms with van der Waals surface area (Å²) in [5.74, 6) is 0.490. The summed E-state index contributed by atoms with van der Waals surface area (Å²) in [5.41, 5.74) is 7.02. The second-order valence-electron chi connectivity index (χ2n) is 3.93. The van der Waals surface area contributed by atoms with E-state index in [2.05, 4.69) is 0 Å². The Bertz CT molecular complexity index is 434. The van der Waals surface area contributed by atoms with Gasteiger partial charge in [-0.15, -0.1) is 0 Å². The molecule has 92 valence electrons. The van der Waals surface area contributed by atoms with Gasteiger partial charge in [-0.1, -0.05) is 0 Å². The second-order valence-corrected chi connectivity index (χ2v) is 3.93. The molecule has 5 heteroatoms. The number of anilines is 2. The van der Waals surface area contributed by atoms with Crippen LogP contribution in [0.5, 0.6) is 5.75 Å². The highest BCUT2D eigenvalue weighted by Crippen LogP contribution is 2.35. The third-order valence-electron chi connectivity index (χ3n) is 2.79. The number of ether oxygens (including phenoxy) is 1. The maximum absolute atomic E-state index is 12.1. The van der Waals surface area contributed by atoms with Crippen LogP contribution < -0.4 is 15.4 Å². The second kappa shape index (κ2) is 4.63. The highest BCUT2D eigenvalue weighted by Gasteiger charge is 2.32. The van der Waals surface area contributed by atoms with Crippen LogP contribution in [0.25, 0.3) is 0 Å². The lowest BCUT2D eigenvalue weighted by atomic mass is 10.1. The van der Waals surface area contributed by atoms with Gasteiger partial charge in [-0.05, 0) is 19.1 Å². The van der Waals surface area contributed by atoms with Gasteiger partial charge < -0.3 is 20.5 Å². The first-order chi connectivity index (χ1) is 8.17. The molecule has 1 aromatic rings. The van der Waals surface area contributed by atoms with Crippen LogP contribution in [0, 0.1) is 0 Å². The molecule has 0 aromatic heterocycles. The lowest BCUT2D eigenvalue weighted by Crippen LogP contribution is -2.46. The van der Waals surface area contributed by atoms with Gasteiger partial charge in [-0.2, -0.15) is 0 Å². The normalized spacial score (nSPS) is 18.8. The van der Waals surface area contributed by atoms with E-state index in [1.54, 1.807) is 23.1 Å². The number of hydrogen-bond donors (Lipinski definition) is 2. The molecule has 0 spiro atoms. The number of likely N-dealkylation sites (N-methyl/N-ethyl adjacent to an activating group) is 1. The Balaban J connectivity index is 2.39. The first kappa shape index (κ1) is 11.7. The van der Waals surface area contributed by atoms with E-state index in [1.807, 2.05) is 6.92 Å². The summed E-state index contributed by atoms with van der Waals surface area (Å²) in [6.07, 6.45) is -0.321. The van der Waals surface area contributed by atoms with Gasteiger partial charge >= 0.3 is 0 Å². The molecule has 1 aliphatic heterocycles. The smallest absolute Gasteiger partial charge is 0.268 e. The van der Waals surface area contributed by atoms with Crippen LogP contribution in [0.1, 0.15) is 13.3 Å². The Hall–Kier alpha value is -1.75. The number of nitrogen functional groups attached to an aromatic ring is 1. The van der Waals surface area contributed by atoms with Gasteiger partial charge in [0.25, 0.3) is 5.91 Å². The minimum atomic E-state index is -0.616. The number of aliphatic hydroxyl groups is 1. The molecule has 0 bridgehead atoms. The van der Waals surface area contributed by atoms with Crippen molar-refractivity contribution in [1.82, 2.24) is 0 Å². The minimum Gasteiger partial charge on any atom is -0.478 e. The molecule has 1 amide bonds. The van der Waals surface area contributed by atoms with Crippen molar-refractivity contribution in [3.8, 4) is 5.75 Å². The fraction of sp³-hybridized carbons (Fsp3) is 0.417. The summed E-state index contributed by atoms with van der Waals surface area (Å²) >= 11 is 0. The number of carbonyl (C=O) groups is 1. The minimum absolute atomic E-state index is 0.0778. The largest absolute Gasteiger partial charge is 0.478 e. The van der Waals surface area contributed by atoms with Crippen molar-refractivity contribution in [2.45, 2.75) is 19.4 Å². The highest BCUT2D eigenvalue weighted by molar-refractivity contribution is 6.00. The summed E-state index contributed by atoms with van der Waals surface area (Å²) < 4.78 is 5.57. The SMILES string of the molecule is CCN1C(=O)C(CCO)Oc2cc(N)ccc21. The van der Waals surface area contributed by atoms with Crippen molar-refractivity contribution in [1.29, 1.82) is 0 Å². The van der Waals surface area contributed by atoms with Gasteiger partial charge in [0.05, 0.1) is 5.69 Å². The van der Waals surface area contributed by atoms with Crippen LogP contribution in [0.15, 0.2) is 18.2 Å². The van der Waals surface area contributed by atoms with Crippen LogP contribution in [0.4, 0.5) is 11.4 Å². The highest BCUT2D eigenvalue weighted by atomic mass is 16.5. The van der Waals surface area contributed by atoms with E-state index < -0.39 is 6.10 Å². The molecule has 1 atom stereocenters. The third-order valence-corrected chi connectivity index (χ3v) is 2.79. The molecule has 1 heterocycles. The Kier molecular flexibility index (Phi) is 3.19. The monoisotopic (exact) mass is 236 g/mol. The first-order valence-electron chi connectivity index (χ1n) is 5.65. The Morgan fingerprint density at radius 2 is 2.29 bits per heavy atom. The van der Waals surface area contributed by atoms with Gasteiger partial charge in [0.15, 0.2) is 6.10 Å². The summed E-state index contributed by atoms with van der Waals surface area (Å²) in [7, 11) is 0. The molecule has 1 unspecified atom stereocenters. The van der Waals surface area contributed by atoms with Crippen LogP contribution >= 0.6 is 0 Å². The van der Waals surface area contributed by atoms with E-state index in [1.165, 1.54) is 0 Å². The number of nitrogens with zero attached hydrogens (tertiary/aromatic N) is 1. The van der Waals surface area contributed by atoms with Crippen molar-refractivity contribution >= 4 is 17.3 Å². The molecule has 0 saturated carbocycles. The van der Waals surface area contributed by atoms with E-state index in [9.17, 15) is 4.79 Å². The molecular formula is C12H16N2O3. The predicted octanol–water partition coefficient (Wildman–Crippen LogP) is 0.765. The summed E-state index contributed by atoms with van der Waals surface area (Å²) in [5, 5.41) is 8.92. The fourth-order valence-electron chi connectivity index (χ4n) is 1.97. The van der Waals surface area contributed by atoms with E-state index in [0.717, 1.165) is 5.69 Å². The van der Waals surface area contributed by atoms with Crippen LogP contribution in [-0.4, -0.2) is 30.3 Å². The molecule has 3 N–H and O–H groups in total. The van der Waals surface area contributed by atoms with Crippen molar-refractivity contribution in [3.63, 3.8) is 0 Å². The van der Waals surface area contributed by atoms with Crippen molar-refractivity contribution < 1.29 is 14.6 Å².